The summed E-state index contributed by atoms with van der Waals surface area (Å²) >= 11 is 0. The Morgan fingerprint density at radius 3 is 2.71 bits per heavy atom. The highest BCUT2D eigenvalue weighted by atomic mass is 16.5. The number of nitrogens with one attached hydrogen (secondary N) is 1. The molecule has 0 aliphatic rings. The number of hydrogen-bond acceptors (Lipinski definition) is 3. The number of hydrogen-bond donors (Lipinski definition) is 2. The van der Waals surface area contributed by atoms with Crippen molar-refractivity contribution in [2.24, 2.45) is 0 Å². The Morgan fingerprint density at radius 2 is 2.12 bits per heavy atom. The van der Waals surface area contributed by atoms with Crippen molar-refractivity contribution in [2.75, 3.05) is 13.2 Å². The van der Waals surface area contributed by atoms with E-state index in [2.05, 4.69) is 5.32 Å². The highest BCUT2D eigenvalue weighted by molar-refractivity contribution is 5.88. The molecule has 0 spiro atoms. The average molecular weight is 237 g/mol. The highest BCUT2D eigenvalue weighted by Crippen LogP contribution is 2.19. The van der Waals surface area contributed by atoms with Crippen molar-refractivity contribution >= 4 is 11.9 Å². The molecule has 0 saturated heterocycles. The van der Waals surface area contributed by atoms with E-state index in [0.29, 0.717) is 12.3 Å². The summed E-state index contributed by atoms with van der Waals surface area (Å²) in [6.07, 6.45) is 0. The van der Waals surface area contributed by atoms with Gasteiger partial charge in [0.1, 0.15) is 5.75 Å². The van der Waals surface area contributed by atoms with Gasteiger partial charge < -0.3 is 15.2 Å². The van der Waals surface area contributed by atoms with Gasteiger partial charge in [-0.05, 0) is 31.5 Å². The van der Waals surface area contributed by atoms with Gasteiger partial charge in [0, 0.05) is 6.54 Å². The first-order chi connectivity index (χ1) is 8.04. The van der Waals surface area contributed by atoms with Crippen LogP contribution in [-0.4, -0.2) is 30.1 Å². The first kappa shape index (κ1) is 13.0. The zero-order chi connectivity index (χ0) is 12.8. The molecule has 5 nitrogen and oxygen atoms in total. The molecule has 1 amide bonds. The average Bonchev–Trinajstić information content (AvgIpc) is 2.28. The standard InChI is InChI=1S/C12H15NO4/c1-3-13-11(14)7-17-10-6-9(12(15)16)5-4-8(10)2/h4-6H,3,7H2,1-2H3,(H,13,14)(H,15,16). The molecule has 0 fully saturated rings. The molecule has 0 unspecified atom stereocenters. The maximum Gasteiger partial charge on any atom is 0.335 e. The van der Waals surface area contributed by atoms with E-state index in [-0.39, 0.29) is 18.1 Å². The number of benzene rings is 1. The lowest BCUT2D eigenvalue weighted by molar-refractivity contribution is -0.122. The van der Waals surface area contributed by atoms with Crippen molar-refractivity contribution in [1.29, 1.82) is 0 Å². The fourth-order valence-corrected chi connectivity index (χ4v) is 1.28. The van der Waals surface area contributed by atoms with E-state index >= 15 is 0 Å². The number of amides is 1. The lowest BCUT2D eigenvalue weighted by Gasteiger charge is -2.09. The SMILES string of the molecule is CCNC(=O)COc1cc(C(=O)O)ccc1C. The summed E-state index contributed by atoms with van der Waals surface area (Å²) < 4.78 is 5.27. The van der Waals surface area contributed by atoms with E-state index in [9.17, 15) is 9.59 Å². The molecule has 17 heavy (non-hydrogen) atoms. The number of aryl methyl sites for hydroxylation is 1. The minimum Gasteiger partial charge on any atom is -0.483 e. The second-order valence-electron chi connectivity index (χ2n) is 3.53. The summed E-state index contributed by atoms with van der Waals surface area (Å²) in [4.78, 5) is 22.0. The summed E-state index contributed by atoms with van der Waals surface area (Å²) in [6, 6.07) is 4.56. The van der Waals surface area contributed by atoms with E-state index < -0.39 is 5.97 Å². The van der Waals surface area contributed by atoms with Gasteiger partial charge in [-0.1, -0.05) is 6.07 Å². The Morgan fingerprint density at radius 1 is 1.41 bits per heavy atom. The quantitative estimate of drug-likeness (QED) is 0.807. The first-order valence-electron chi connectivity index (χ1n) is 5.28. The maximum atomic E-state index is 11.2. The van der Waals surface area contributed by atoms with Gasteiger partial charge >= 0.3 is 5.97 Å². The summed E-state index contributed by atoms with van der Waals surface area (Å²) in [5.74, 6) is -0.836. The van der Waals surface area contributed by atoms with Gasteiger partial charge in [0.25, 0.3) is 5.91 Å². The van der Waals surface area contributed by atoms with Crippen LogP contribution in [0.4, 0.5) is 0 Å². The molecule has 1 aromatic carbocycles. The fraction of sp³-hybridized carbons (Fsp3) is 0.333. The molecule has 2 N–H and O–H groups in total. The summed E-state index contributed by atoms with van der Waals surface area (Å²) in [5.41, 5.74) is 0.931. The summed E-state index contributed by atoms with van der Waals surface area (Å²) in [5, 5.41) is 11.4. The van der Waals surface area contributed by atoms with Crippen LogP contribution in [0.3, 0.4) is 0 Å². The third-order valence-corrected chi connectivity index (χ3v) is 2.17. The molecular weight excluding hydrogens is 222 g/mol. The largest absolute Gasteiger partial charge is 0.483 e. The first-order valence-corrected chi connectivity index (χ1v) is 5.28. The van der Waals surface area contributed by atoms with E-state index in [1.165, 1.54) is 12.1 Å². The van der Waals surface area contributed by atoms with E-state index in [1.807, 2.05) is 6.92 Å². The molecule has 0 bridgehead atoms. The van der Waals surface area contributed by atoms with Crippen LogP contribution >= 0.6 is 0 Å². The molecule has 1 aromatic rings. The number of rotatable bonds is 5. The lowest BCUT2D eigenvalue weighted by atomic mass is 10.1. The molecule has 5 heteroatoms. The molecule has 92 valence electrons. The topological polar surface area (TPSA) is 75.6 Å². The van der Waals surface area contributed by atoms with E-state index in [0.717, 1.165) is 5.56 Å². The molecule has 0 aromatic heterocycles. The number of carbonyl (C=O) groups excluding carboxylic acids is 1. The number of ether oxygens (including phenoxy) is 1. The molecular formula is C12H15NO4. The van der Waals surface area contributed by atoms with Crippen LogP contribution in [0.1, 0.15) is 22.8 Å². The van der Waals surface area contributed by atoms with Gasteiger partial charge in [-0.15, -0.1) is 0 Å². The van der Waals surface area contributed by atoms with Crippen LogP contribution in [0.25, 0.3) is 0 Å². The second-order valence-corrected chi connectivity index (χ2v) is 3.53. The van der Waals surface area contributed by atoms with Gasteiger partial charge in [0.05, 0.1) is 5.56 Å². The molecule has 0 heterocycles. The monoisotopic (exact) mass is 237 g/mol. The predicted molar refractivity (Wildman–Crippen MR) is 62.3 cm³/mol. The Hall–Kier alpha value is -2.04. The summed E-state index contributed by atoms with van der Waals surface area (Å²) in [7, 11) is 0. The van der Waals surface area contributed by atoms with Gasteiger partial charge in [-0.25, -0.2) is 4.79 Å². The highest BCUT2D eigenvalue weighted by Gasteiger charge is 2.08. The van der Waals surface area contributed by atoms with Gasteiger partial charge in [0.2, 0.25) is 0 Å². The normalized spacial score (nSPS) is 9.76. The summed E-state index contributed by atoms with van der Waals surface area (Å²) in [6.45, 7) is 4.03. The van der Waals surface area contributed by atoms with Gasteiger partial charge in [-0.3, -0.25) is 4.79 Å². The number of carbonyl (C=O) groups is 2. The smallest absolute Gasteiger partial charge is 0.335 e. The van der Waals surface area contributed by atoms with Crippen molar-refractivity contribution in [3.8, 4) is 5.75 Å². The zero-order valence-electron chi connectivity index (χ0n) is 9.82. The van der Waals surface area contributed by atoms with Crippen LogP contribution in [0, 0.1) is 6.92 Å². The van der Waals surface area contributed by atoms with E-state index in [4.69, 9.17) is 9.84 Å². The van der Waals surface area contributed by atoms with Crippen molar-refractivity contribution < 1.29 is 19.4 Å². The predicted octanol–water partition coefficient (Wildman–Crippen LogP) is 1.21. The number of carboxylic acid groups (broad SMARTS) is 1. The Kier molecular flexibility index (Phi) is 4.51. The Bertz CT molecular complexity index is 429. The third kappa shape index (κ3) is 3.79. The van der Waals surface area contributed by atoms with Gasteiger partial charge in [-0.2, -0.15) is 0 Å². The van der Waals surface area contributed by atoms with Crippen LogP contribution in [-0.2, 0) is 4.79 Å². The third-order valence-electron chi connectivity index (χ3n) is 2.17. The number of carboxylic acids is 1. The maximum absolute atomic E-state index is 11.2. The minimum atomic E-state index is -1.02. The number of likely N-dealkylation sites (N-methyl/N-ethyl adjacent to an activating group) is 1. The van der Waals surface area contributed by atoms with Crippen LogP contribution in [0.5, 0.6) is 5.75 Å². The molecule has 0 saturated carbocycles. The Balaban J connectivity index is 2.73. The molecule has 0 atom stereocenters. The molecule has 0 aliphatic carbocycles. The van der Waals surface area contributed by atoms with E-state index in [1.54, 1.807) is 13.0 Å². The molecule has 1 rings (SSSR count). The van der Waals surface area contributed by atoms with Crippen LogP contribution in [0.2, 0.25) is 0 Å². The molecule has 0 aliphatic heterocycles. The fourth-order valence-electron chi connectivity index (χ4n) is 1.28. The van der Waals surface area contributed by atoms with Crippen molar-refractivity contribution in [1.82, 2.24) is 5.32 Å². The number of aromatic carboxylic acids is 1. The zero-order valence-corrected chi connectivity index (χ0v) is 9.82. The van der Waals surface area contributed by atoms with Crippen LogP contribution in [0.15, 0.2) is 18.2 Å². The second kappa shape index (κ2) is 5.89. The molecule has 0 radical (unpaired) electrons. The van der Waals surface area contributed by atoms with Crippen molar-refractivity contribution in [2.45, 2.75) is 13.8 Å². The van der Waals surface area contributed by atoms with Crippen molar-refractivity contribution in [3.63, 3.8) is 0 Å². The Labute approximate surface area is 99.4 Å². The van der Waals surface area contributed by atoms with Gasteiger partial charge in [0.15, 0.2) is 6.61 Å². The van der Waals surface area contributed by atoms with Crippen molar-refractivity contribution in [3.05, 3.63) is 29.3 Å². The minimum absolute atomic E-state index is 0.113. The lowest BCUT2D eigenvalue weighted by Crippen LogP contribution is -2.28. The van der Waals surface area contributed by atoms with Crippen LogP contribution < -0.4 is 10.1 Å².